The van der Waals surface area contributed by atoms with E-state index in [-0.39, 0.29) is 0 Å². The zero-order valence-electron chi connectivity index (χ0n) is 30.4. The van der Waals surface area contributed by atoms with Crippen molar-refractivity contribution in [2.45, 2.75) is 0 Å². The van der Waals surface area contributed by atoms with Crippen LogP contribution < -0.4 is 0 Å². The largest absolute Gasteiger partial charge is 0.245 e. The summed E-state index contributed by atoms with van der Waals surface area (Å²) in [6.07, 6.45) is 0. The fourth-order valence-corrected chi connectivity index (χ4v) is 7.41. The van der Waals surface area contributed by atoms with E-state index in [1.54, 1.807) is 0 Å². The normalized spacial score (nSPS) is 11.2. The van der Waals surface area contributed by atoms with Crippen molar-refractivity contribution in [3.8, 4) is 78.7 Å². The molecule has 7 aromatic carbocycles. The van der Waals surface area contributed by atoms with Crippen molar-refractivity contribution in [3.63, 3.8) is 0 Å². The number of hydrogen-bond donors (Lipinski definition) is 0. The van der Waals surface area contributed by atoms with Crippen LogP contribution in [0.4, 0.5) is 0 Å². The van der Waals surface area contributed by atoms with E-state index >= 15 is 0 Å². The smallest absolute Gasteiger partial charge is 0.160 e. The number of benzene rings is 7. The zero-order chi connectivity index (χ0) is 37.3. The quantitative estimate of drug-likeness (QED) is 0.154. The first kappa shape index (κ1) is 33.0. The molecule has 0 atom stereocenters. The van der Waals surface area contributed by atoms with Crippen molar-refractivity contribution in [2.24, 2.45) is 0 Å². The molecule has 0 aliphatic heterocycles. The highest BCUT2D eigenvalue weighted by atomic mass is 14.9. The first-order chi connectivity index (χ1) is 27.7. The monoisotopic (exact) mass is 714 g/mol. The molecule has 0 fully saturated rings. The van der Waals surface area contributed by atoms with Crippen molar-refractivity contribution in [1.82, 2.24) is 19.9 Å². The minimum absolute atomic E-state index is 0.677. The van der Waals surface area contributed by atoms with Gasteiger partial charge in [-0.2, -0.15) is 0 Å². The van der Waals surface area contributed by atoms with Crippen LogP contribution in [0.5, 0.6) is 0 Å². The Bertz CT molecular complexity index is 2980. The Balaban J connectivity index is 1.09. The van der Waals surface area contributed by atoms with Crippen LogP contribution in [0.3, 0.4) is 0 Å². The summed E-state index contributed by atoms with van der Waals surface area (Å²) in [5, 5.41) is 2.11. The molecule has 56 heavy (non-hydrogen) atoms. The van der Waals surface area contributed by atoms with Crippen molar-refractivity contribution in [2.75, 3.05) is 0 Å². The van der Waals surface area contributed by atoms with Crippen LogP contribution in [-0.4, -0.2) is 19.9 Å². The van der Waals surface area contributed by atoms with Gasteiger partial charge in [0, 0.05) is 38.6 Å². The Morgan fingerprint density at radius 3 is 1.36 bits per heavy atom. The summed E-state index contributed by atoms with van der Waals surface area (Å²) in [5.41, 5.74) is 14.9. The molecule has 0 unspecified atom stereocenters. The molecule has 3 aromatic heterocycles. The van der Waals surface area contributed by atoms with Crippen LogP contribution >= 0.6 is 0 Å². The molecule has 0 N–H and O–H groups in total. The van der Waals surface area contributed by atoms with Gasteiger partial charge in [-0.3, -0.25) is 0 Å². The Labute approximate surface area is 325 Å². The molecule has 0 aliphatic carbocycles. The summed E-state index contributed by atoms with van der Waals surface area (Å²) in [5.74, 6) is 0.677. The average Bonchev–Trinajstić information content (AvgIpc) is 3.29. The Morgan fingerprint density at radius 2 is 0.714 bits per heavy atom. The molecule has 4 nitrogen and oxygen atoms in total. The summed E-state index contributed by atoms with van der Waals surface area (Å²) in [6.45, 7) is 0. The highest BCUT2D eigenvalue weighted by Gasteiger charge is 2.16. The molecule has 0 saturated carbocycles. The van der Waals surface area contributed by atoms with E-state index in [0.717, 1.165) is 89.1 Å². The minimum atomic E-state index is 0.677. The molecule has 0 radical (unpaired) electrons. The fraction of sp³-hybridized carbons (Fsp3) is 0. The van der Waals surface area contributed by atoms with Gasteiger partial charge in [-0.05, 0) is 46.5 Å². The second-order valence-corrected chi connectivity index (χ2v) is 13.9. The first-order valence-corrected chi connectivity index (χ1v) is 18.8. The lowest BCUT2D eigenvalue weighted by atomic mass is 9.97. The molecular weight excluding hydrogens is 681 g/mol. The standard InChI is InChI=1S/C52H34N4/c1-5-14-35(15-6-1)36-24-26-41(27-25-36)52-55-48(39-20-11-4-12-21-39)34-49(56-52)43-23-13-22-42(32-43)46-31-29-40-28-30-44-45(37-16-7-2-8-17-37)33-47(38-18-9-3-10-19-38)54-51(44)50(40)53-46/h1-34H. The maximum absolute atomic E-state index is 5.35. The van der Waals surface area contributed by atoms with E-state index in [1.807, 2.05) is 30.3 Å². The third-order valence-electron chi connectivity index (χ3n) is 10.3. The Kier molecular flexibility index (Phi) is 8.47. The fourth-order valence-electron chi connectivity index (χ4n) is 7.41. The van der Waals surface area contributed by atoms with Crippen LogP contribution in [0.1, 0.15) is 0 Å². The van der Waals surface area contributed by atoms with Gasteiger partial charge in [-0.25, -0.2) is 19.9 Å². The maximum atomic E-state index is 5.35. The molecule has 0 bridgehead atoms. The van der Waals surface area contributed by atoms with Crippen LogP contribution in [0.25, 0.3) is 100 Å². The maximum Gasteiger partial charge on any atom is 0.160 e. The zero-order valence-corrected chi connectivity index (χ0v) is 30.4. The topological polar surface area (TPSA) is 51.6 Å². The molecule has 0 saturated heterocycles. The van der Waals surface area contributed by atoms with Crippen molar-refractivity contribution < 1.29 is 0 Å². The van der Waals surface area contributed by atoms with E-state index in [0.29, 0.717) is 5.82 Å². The molecule has 10 rings (SSSR count). The lowest BCUT2D eigenvalue weighted by molar-refractivity contribution is 1.18. The summed E-state index contributed by atoms with van der Waals surface area (Å²) in [7, 11) is 0. The Morgan fingerprint density at radius 1 is 0.250 bits per heavy atom. The van der Waals surface area contributed by atoms with Gasteiger partial charge in [0.2, 0.25) is 0 Å². The average molecular weight is 715 g/mol. The Hall–Kier alpha value is -7.56. The van der Waals surface area contributed by atoms with E-state index in [4.69, 9.17) is 19.9 Å². The molecule has 10 aromatic rings. The SMILES string of the molecule is c1ccc(-c2ccc(-c3nc(-c4ccccc4)cc(-c4cccc(-c5ccc6ccc7c(-c8ccccc8)cc(-c8ccccc8)nc7c6n5)c4)n3)cc2)cc1. The number of pyridine rings is 2. The van der Waals surface area contributed by atoms with Gasteiger partial charge in [-0.1, -0.05) is 182 Å². The van der Waals surface area contributed by atoms with Gasteiger partial charge < -0.3 is 0 Å². The molecule has 3 heterocycles. The van der Waals surface area contributed by atoms with Gasteiger partial charge in [0.05, 0.1) is 33.8 Å². The number of aromatic nitrogens is 4. The molecule has 4 heteroatoms. The third-order valence-corrected chi connectivity index (χ3v) is 10.3. The first-order valence-electron chi connectivity index (χ1n) is 18.8. The molecule has 0 amide bonds. The number of fused-ring (bicyclic) bond motifs is 3. The van der Waals surface area contributed by atoms with E-state index in [2.05, 4.69) is 176 Å². The molecule has 0 aliphatic rings. The van der Waals surface area contributed by atoms with Gasteiger partial charge in [0.25, 0.3) is 0 Å². The molecule has 262 valence electrons. The molecule has 0 spiro atoms. The second kappa shape index (κ2) is 14.3. The number of nitrogens with zero attached hydrogens (tertiary/aromatic N) is 4. The minimum Gasteiger partial charge on any atom is -0.245 e. The van der Waals surface area contributed by atoms with Crippen molar-refractivity contribution >= 4 is 21.8 Å². The summed E-state index contributed by atoms with van der Waals surface area (Å²) in [6, 6.07) is 71.4. The van der Waals surface area contributed by atoms with E-state index in [9.17, 15) is 0 Å². The van der Waals surface area contributed by atoms with Crippen LogP contribution in [-0.2, 0) is 0 Å². The van der Waals surface area contributed by atoms with Crippen LogP contribution in [0, 0.1) is 0 Å². The lowest BCUT2D eigenvalue weighted by Gasteiger charge is -2.13. The van der Waals surface area contributed by atoms with Gasteiger partial charge in [0.15, 0.2) is 5.82 Å². The van der Waals surface area contributed by atoms with Gasteiger partial charge in [0.1, 0.15) is 0 Å². The van der Waals surface area contributed by atoms with Gasteiger partial charge in [-0.15, -0.1) is 0 Å². The highest BCUT2D eigenvalue weighted by molar-refractivity contribution is 6.09. The van der Waals surface area contributed by atoms with E-state index in [1.165, 1.54) is 5.56 Å². The summed E-state index contributed by atoms with van der Waals surface area (Å²) in [4.78, 5) is 20.9. The number of rotatable bonds is 7. The second-order valence-electron chi connectivity index (χ2n) is 13.9. The highest BCUT2D eigenvalue weighted by Crippen LogP contribution is 2.37. The van der Waals surface area contributed by atoms with Crippen LogP contribution in [0.2, 0.25) is 0 Å². The van der Waals surface area contributed by atoms with Gasteiger partial charge >= 0.3 is 0 Å². The number of hydrogen-bond acceptors (Lipinski definition) is 4. The van der Waals surface area contributed by atoms with Crippen LogP contribution in [0.15, 0.2) is 206 Å². The molecular formula is C52H34N4. The predicted molar refractivity (Wildman–Crippen MR) is 231 cm³/mol. The summed E-state index contributed by atoms with van der Waals surface area (Å²) < 4.78 is 0. The third kappa shape index (κ3) is 6.40. The summed E-state index contributed by atoms with van der Waals surface area (Å²) >= 11 is 0. The van der Waals surface area contributed by atoms with E-state index < -0.39 is 0 Å². The van der Waals surface area contributed by atoms with Crippen molar-refractivity contribution in [1.29, 1.82) is 0 Å². The predicted octanol–water partition coefficient (Wildman–Crippen LogP) is 13.2. The van der Waals surface area contributed by atoms with Crippen molar-refractivity contribution in [3.05, 3.63) is 206 Å². The lowest BCUT2D eigenvalue weighted by Crippen LogP contribution is -1.96.